The van der Waals surface area contributed by atoms with Crippen molar-refractivity contribution < 1.29 is 19.1 Å². The van der Waals surface area contributed by atoms with Crippen molar-refractivity contribution in [3.05, 3.63) is 76.0 Å². The molecule has 1 aromatic carbocycles. The van der Waals surface area contributed by atoms with Crippen LogP contribution in [0.4, 0.5) is 0 Å². The molecule has 0 unspecified atom stereocenters. The first kappa shape index (κ1) is 30.7. The molecule has 3 aliphatic rings. The van der Waals surface area contributed by atoms with Crippen molar-refractivity contribution in [3.63, 3.8) is 0 Å². The second kappa shape index (κ2) is 13.7. The van der Waals surface area contributed by atoms with Gasteiger partial charge in [-0.25, -0.2) is 4.79 Å². The average molecular weight is 590 g/mol. The quantitative estimate of drug-likeness (QED) is 0.460. The van der Waals surface area contributed by atoms with E-state index >= 15 is 0 Å². The molecule has 0 saturated carbocycles. The van der Waals surface area contributed by atoms with E-state index < -0.39 is 17.1 Å². The van der Waals surface area contributed by atoms with Crippen molar-refractivity contribution in [1.82, 2.24) is 25.5 Å². The van der Waals surface area contributed by atoms with Gasteiger partial charge in [0.15, 0.2) is 0 Å². The summed E-state index contributed by atoms with van der Waals surface area (Å²) in [5.74, 6) is -0.303. The number of nitrogens with one attached hydrogen (secondary N) is 3. The van der Waals surface area contributed by atoms with Gasteiger partial charge in [-0.1, -0.05) is 56.3 Å². The van der Waals surface area contributed by atoms with Gasteiger partial charge in [0.05, 0.1) is 5.41 Å². The van der Waals surface area contributed by atoms with Gasteiger partial charge in [-0.3, -0.25) is 14.4 Å². The molecule has 2 aromatic rings. The van der Waals surface area contributed by atoms with Crippen LogP contribution in [0.3, 0.4) is 0 Å². The number of nitrogens with zero attached hydrogens (tertiary/aromatic N) is 2. The third-order valence-corrected chi connectivity index (χ3v) is 8.95. The molecule has 5 rings (SSSR count). The highest BCUT2D eigenvalue weighted by Crippen LogP contribution is 2.36. The van der Waals surface area contributed by atoms with E-state index in [4.69, 9.17) is 4.74 Å². The molecule has 43 heavy (non-hydrogen) atoms. The molecule has 10 nitrogen and oxygen atoms in total. The minimum Gasteiger partial charge on any atom is -0.381 e. The molecule has 10 heteroatoms. The maximum Gasteiger partial charge on any atom is 0.345 e. The summed E-state index contributed by atoms with van der Waals surface area (Å²) >= 11 is 0. The lowest BCUT2D eigenvalue weighted by molar-refractivity contribution is -0.140. The van der Waals surface area contributed by atoms with E-state index in [9.17, 15) is 19.2 Å². The average Bonchev–Trinajstić information content (AvgIpc) is 2.99. The number of aromatic amines is 1. The van der Waals surface area contributed by atoms with Crippen LogP contribution in [0.1, 0.15) is 67.7 Å². The Morgan fingerprint density at radius 2 is 1.86 bits per heavy atom. The van der Waals surface area contributed by atoms with E-state index in [0.717, 1.165) is 5.56 Å². The molecule has 2 fully saturated rings. The Hall–Kier alpha value is -3.79. The monoisotopic (exact) mass is 589 g/mol. The van der Waals surface area contributed by atoms with Crippen LogP contribution in [0.2, 0.25) is 0 Å². The Morgan fingerprint density at radius 3 is 2.60 bits per heavy atom. The summed E-state index contributed by atoms with van der Waals surface area (Å²) in [6.45, 7) is 5.97. The first-order valence-electron chi connectivity index (χ1n) is 15.5. The van der Waals surface area contributed by atoms with Crippen LogP contribution in [0.5, 0.6) is 0 Å². The molecule has 1 aromatic heterocycles. The first-order valence-corrected chi connectivity index (χ1v) is 15.5. The Kier molecular flexibility index (Phi) is 9.75. The Balaban J connectivity index is 1.38. The predicted octanol–water partition coefficient (Wildman–Crippen LogP) is 2.79. The summed E-state index contributed by atoms with van der Waals surface area (Å²) in [7, 11) is 0. The van der Waals surface area contributed by atoms with Gasteiger partial charge in [-0.05, 0) is 56.1 Å². The molecule has 0 aliphatic carbocycles. The number of carbonyl (C=O) groups excluding carboxylic acids is 3. The van der Waals surface area contributed by atoms with Gasteiger partial charge in [-0.2, -0.15) is 4.98 Å². The maximum atomic E-state index is 13.8. The minimum atomic E-state index is -0.724. The lowest BCUT2D eigenvalue weighted by atomic mass is 9.75. The largest absolute Gasteiger partial charge is 0.381 e. The number of hydrogen-bond donors (Lipinski definition) is 3. The molecule has 1 spiro atoms. The Bertz CT molecular complexity index is 1380. The summed E-state index contributed by atoms with van der Waals surface area (Å²) in [5, 5.41) is 6.35. The number of fused-ring (bicyclic) bond motifs is 1. The lowest BCUT2D eigenvalue weighted by Crippen LogP contribution is -2.58. The van der Waals surface area contributed by atoms with E-state index in [1.165, 1.54) is 0 Å². The van der Waals surface area contributed by atoms with E-state index in [0.29, 0.717) is 82.9 Å². The van der Waals surface area contributed by atoms with Crippen LogP contribution in [-0.2, 0) is 27.2 Å². The number of ether oxygens (including phenoxy) is 1. The maximum absolute atomic E-state index is 13.8. The standard InChI is InChI=1S/C33H43N5O5/c1-22(2)18-25-20-28(37-32(42)34-25)30(40)38-15-11-26-24(21-38)10-6-7-12-33(13-16-43-17-14-33)31(41)36-27(29(39)35-26)19-23-8-4-3-5-9-23/h3-9,20,22,24,26-27H,10-19,21H2,1-2H3,(H,35,39)(H,36,41)(H,34,37,42)/b7-6+/t24-,26+,27-/m1/s1. The zero-order valence-corrected chi connectivity index (χ0v) is 25.1. The number of amides is 3. The summed E-state index contributed by atoms with van der Waals surface area (Å²) in [6, 6.07) is 10.5. The number of carbonyl (C=O) groups is 3. The lowest BCUT2D eigenvalue weighted by Gasteiger charge is -2.40. The van der Waals surface area contributed by atoms with Crippen LogP contribution in [-0.4, -0.2) is 71.0 Å². The predicted molar refractivity (Wildman–Crippen MR) is 162 cm³/mol. The van der Waals surface area contributed by atoms with E-state index in [2.05, 4.69) is 46.6 Å². The van der Waals surface area contributed by atoms with E-state index in [1.807, 2.05) is 30.3 Å². The van der Waals surface area contributed by atoms with Gasteiger partial charge >= 0.3 is 5.69 Å². The van der Waals surface area contributed by atoms with E-state index in [-0.39, 0.29) is 35.4 Å². The van der Waals surface area contributed by atoms with Gasteiger partial charge in [-0.15, -0.1) is 0 Å². The van der Waals surface area contributed by atoms with Crippen molar-refractivity contribution in [2.45, 2.75) is 70.9 Å². The Labute approximate surface area is 252 Å². The van der Waals surface area contributed by atoms with Gasteiger partial charge in [0, 0.05) is 50.4 Å². The molecule has 0 bridgehead atoms. The number of hydrogen-bond acceptors (Lipinski definition) is 6. The molecular weight excluding hydrogens is 546 g/mol. The molecule has 3 atom stereocenters. The second-order valence-corrected chi connectivity index (χ2v) is 12.6. The zero-order valence-electron chi connectivity index (χ0n) is 25.1. The highest BCUT2D eigenvalue weighted by Gasteiger charge is 2.42. The van der Waals surface area contributed by atoms with Crippen LogP contribution in [0.15, 0.2) is 53.3 Å². The van der Waals surface area contributed by atoms with Crippen molar-refractivity contribution >= 4 is 17.7 Å². The zero-order chi connectivity index (χ0) is 30.4. The summed E-state index contributed by atoms with van der Waals surface area (Å²) in [6.07, 6.45) is 8.16. The highest BCUT2D eigenvalue weighted by molar-refractivity contribution is 5.93. The number of aromatic nitrogens is 2. The van der Waals surface area contributed by atoms with Gasteiger partial charge in [0.1, 0.15) is 11.7 Å². The fourth-order valence-corrected chi connectivity index (χ4v) is 6.49. The van der Waals surface area contributed by atoms with Crippen LogP contribution >= 0.6 is 0 Å². The number of benzene rings is 1. The molecule has 4 heterocycles. The second-order valence-electron chi connectivity index (χ2n) is 12.6. The molecule has 3 amide bonds. The summed E-state index contributed by atoms with van der Waals surface area (Å²) in [4.78, 5) is 61.8. The van der Waals surface area contributed by atoms with Crippen LogP contribution in [0.25, 0.3) is 0 Å². The molecular formula is C33H43N5O5. The highest BCUT2D eigenvalue weighted by atomic mass is 16.5. The van der Waals surface area contributed by atoms with Gasteiger partial charge < -0.3 is 25.3 Å². The first-order chi connectivity index (χ1) is 20.7. The summed E-state index contributed by atoms with van der Waals surface area (Å²) < 4.78 is 5.59. The molecule has 230 valence electrons. The number of allylic oxidation sites excluding steroid dienone is 2. The molecule has 3 aliphatic heterocycles. The minimum absolute atomic E-state index is 0.0341. The third-order valence-electron chi connectivity index (χ3n) is 8.95. The van der Waals surface area contributed by atoms with Crippen molar-refractivity contribution in [2.24, 2.45) is 17.3 Å². The topological polar surface area (TPSA) is 133 Å². The number of rotatable bonds is 5. The Morgan fingerprint density at radius 1 is 1.09 bits per heavy atom. The fraction of sp³-hybridized carbons (Fsp3) is 0.545. The number of likely N-dealkylation sites (tertiary alicyclic amines) is 1. The molecule has 3 N–H and O–H groups in total. The normalized spacial score (nSPS) is 25.2. The number of piperidine rings is 1. The van der Waals surface area contributed by atoms with Crippen LogP contribution < -0.4 is 16.3 Å². The molecule has 0 radical (unpaired) electrons. The van der Waals surface area contributed by atoms with Crippen molar-refractivity contribution in [3.8, 4) is 0 Å². The number of H-pyrrole nitrogens is 1. The SMILES string of the molecule is CC(C)Cc1cc(C(=O)N2CC[C@@H]3NC(=O)[C@@H](Cc4ccccc4)NC(=O)C4(C/C=C/C[C@@H]3C2)CCOCC4)nc(=O)[nH]1. The van der Waals surface area contributed by atoms with Crippen molar-refractivity contribution in [1.29, 1.82) is 0 Å². The van der Waals surface area contributed by atoms with Crippen LogP contribution in [0, 0.1) is 17.3 Å². The third kappa shape index (κ3) is 7.60. The van der Waals surface area contributed by atoms with Gasteiger partial charge in [0.25, 0.3) is 5.91 Å². The summed E-state index contributed by atoms with van der Waals surface area (Å²) in [5.41, 5.74) is 0.665. The molecule has 2 saturated heterocycles. The van der Waals surface area contributed by atoms with E-state index in [1.54, 1.807) is 11.0 Å². The fourth-order valence-electron chi connectivity index (χ4n) is 6.49. The smallest absolute Gasteiger partial charge is 0.345 e. The van der Waals surface area contributed by atoms with Crippen molar-refractivity contribution in [2.75, 3.05) is 26.3 Å². The van der Waals surface area contributed by atoms with Gasteiger partial charge in [0.2, 0.25) is 11.8 Å².